The van der Waals surface area contributed by atoms with E-state index in [0.29, 0.717) is 19.5 Å². The monoisotopic (exact) mass is 439 g/mol. The number of rotatable bonds is 13. The van der Waals surface area contributed by atoms with E-state index in [9.17, 15) is 19.5 Å². The van der Waals surface area contributed by atoms with Gasteiger partial charge in [-0.15, -0.1) is 9.24 Å². The van der Waals surface area contributed by atoms with Crippen molar-refractivity contribution in [3.8, 4) is 0 Å². The molecule has 3 atom stereocenters. The molecule has 1 aromatic rings. The van der Waals surface area contributed by atoms with Crippen LogP contribution in [0.3, 0.4) is 0 Å². The number of carbonyl (C=O) groups excluding carboxylic acids is 2. The molecule has 0 saturated carbocycles. The van der Waals surface area contributed by atoms with Gasteiger partial charge in [0.1, 0.15) is 12.1 Å². The number of ether oxygens (including phenoxy) is 1. The molecule has 2 N–H and O–H groups in total. The Morgan fingerprint density at radius 1 is 1.23 bits per heavy atom. The summed E-state index contributed by atoms with van der Waals surface area (Å²) in [6, 6.07) is 4.22. The van der Waals surface area contributed by atoms with Crippen LogP contribution in [0.2, 0.25) is 0 Å². The van der Waals surface area contributed by atoms with Gasteiger partial charge >= 0.3 is 11.9 Å². The van der Waals surface area contributed by atoms with Crippen molar-refractivity contribution in [2.75, 3.05) is 38.7 Å². The summed E-state index contributed by atoms with van der Waals surface area (Å²) in [4.78, 5) is 38.8. The van der Waals surface area contributed by atoms with Crippen molar-refractivity contribution in [3.05, 3.63) is 23.8 Å². The number of aryl methyl sites for hydroxylation is 1. The number of carboxylic acid groups (broad SMARTS) is 1. The first kappa shape index (κ1) is 26.0. The Bertz CT molecular complexity index is 708. The van der Waals surface area contributed by atoms with E-state index in [0.717, 1.165) is 23.0 Å². The summed E-state index contributed by atoms with van der Waals surface area (Å²) in [5.41, 5.74) is 1.85. The smallest absolute Gasteiger partial charge is 0.324 e. The summed E-state index contributed by atoms with van der Waals surface area (Å²) in [7, 11) is 5.72. The van der Waals surface area contributed by atoms with E-state index >= 15 is 0 Å². The maximum atomic E-state index is 12.2. The number of carbonyl (C=O) groups is 3. The zero-order chi connectivity index (χ0) is 22.8. The summed E-state index contributed by atoms with van der Waals surface area (Å²) in [6.07, 6.45) is 1.18. The van der Waals surface area contributed by atoms with Gasteiger partial charge in [-0.1, -0.05) is 19.9 Å². The third kappa shape index (κ3) is 8.78. The molecule has 0 radical (unpaired) electrons. The van der Waals surface area contributed by atoms with Crippen molar-refractivity contribution in [1.82, 2.24) is 10.2 Å². The van der Waals surface area contributed by atoms with E-state index in [2.05, 4.69) is 14.6 Å². The molecule has 1 aromatic carbocycles. The molecule has 168 valence electrons. The molecule has 0 saturated heterocycles. The topological polar surface area (TPSA) is 99.2 Å². The van der Waals surface area contributed by atoms with Crippen molar-refractivity contribution in [2.45, 2.75) is 39.3 Å². The van der Waals surface area contributed by atoms with E-state index in [1.54, 1.807) is 4.90 Å². The van der Waals surface area contributed by atoms with E-state index in [1.807, 2.05) is 50.9 Å². The highest BCUT2D eigenvalue weighted by Crippen LogP contribution is 2.15. The molecule has 1 rings (SSSR count). The summed E-state index contributed by atoms with van der Waals surface area (Å²) >= 11 is 0. The molecule has 3 unspecified atom stereocenters. The van der Waals surface area contributed by atoms with Gasteiger partial charge in [-0.2, -0.15) is 0 Å². The Hall–Kier alpha value is -2.02. The van der Waals surface area contributed by atoms with Crippen molar-refractivity contribution >= 4 is 38.6 Å². The predicted molar refractivity (Wildman–Crippen MR) is 121 cm³/mol. The van der Waals surface area contributed by atoms with Crippen LogP contribution in [-0.4, -0.2) is 74.2 Å². The van der Waals surface area contributed by atoms with Crippen LogP contribution in [0, 0.1) is 12.8 Å². The van der Waals surface area contributed by atoms with E-state index in [1.165, 1.54) is 7.11 Å². The lowest BCUT2D eigenvalue weighted by Crippen LogP contribution is -2.53. The lowest BCUT2D eigenvalue weighted by Gasteiger charge is -2.28. The van der Waals surface area contributed by atoms with Gasteiger partial charge in [-0.05, 0) is 49.3 Å². The van der Waals surface area contributed by atoms with Gasteiger partial charge in [0, 0.05) is 25.3 Å². The molecule has 30 heavy (non-hydrogen) atoms. The minimum Gasteiger partial charge on any atom is -0.480 e. The first-order valence-corrected chi connectivity index (χ1v) is 10.5. The first-order chi connectivity index (χ1) is 14.1. The number of anilines is 1. The lowest BCUT2D eigenvalue weighted by molar-refractivity contribution is -0.145. The van der Waals surface area contributed by atoms with Gasteiger partial charge in [-0.3, -0.25) is 19.7 Å². The summed E-state index contributed by atoms with van der Waals surface area (Å²) in [5.74, 6) is -1.36. The van der Waals surface area contributed by atoms with Crippen LogP contribution in [0.5, 0.6) is 0 Å². The number of hydrogen-bond acceptors (Lipinski definition) is 6. The highest BCUT2D eigenvalue weighted by atomic mass is 31.0. The second-order valence-corrected chi connectivity index (χ2v) is 8.59. The fourth-order valence-electron chi connectivity index (χ4n) is 3.17. The van der Waals surface area contributed by atoms with Crippen LogP contribution in [0.4, 0.5) is 5.69 Å². The summed E-state index contributed by atoms with van der Waals surface area (Å²) < 4.78 is 4.85. The molecule has 0 bridgehead atoms. The molecule has 0 aliphatic heterocycles. The molecule has 0 fully saturated rings. The number of likely N-dealkylation sites (N-methyl/N-ethyl adjacent to an activating group) is 1. The lowest BCUT2D eigenvalue weighted by atomic mass is 10.0. The van der Waals surface area contributed by atoms with Crippen LogP contribution in [0.1, 0.15) is 25.8 Å². The minimum absolute atomic E-state index is 0.159. The highest BCUT2D eigenvalue weighted by molar-refractivity contribution is 7.27. The largest absolute Gasteiger partial charge is 0.480 e. The fraction of sp³-hybridized carbons (Fsp3) is 0.571. The molecule has 0 aliphatic rings. The zero-order valence-corrected chi connectivity index (χ0v) is 19.6. The maximum Gasteiger partial charge on any atom is 0.324 e. The Morgan fingerprint density at radius 2 is 1.90 bits per heavy atom. The molecule has 8 nitrogen and oxygen atoms in total. The van der Waals surface area contributed by atoms with Crippen molar-refractivity contribution in [2.24, 2.45) is 5.92 Å². The van der Waals surface area contributed by atoms with Crippen LogP contribution in [0.15, 0.2) is 18.2 Å². The van der Waals surface area contributed by atoms with Gasteiger partial charge in [0.25, 0.3) is 0 Å². The van der Waals surface area contributed by atoms with Crippen molar-refractivity contribution < 1.29 is 24.2 Å². The molecule has 0 aromatic heterocycles. The number of esters is 1. The molecular weight excluding hydrogens is 405 g/mol. The van der Waals surface area contributed by atoms with Crippen LogP contribution in [0.25, 0.3) is 0 Å². The first-order valence-electron chi connectivity index (χ1n) is 9.91. The minimum atomic E-state index is -1.000. The Labute approximate surface area is 181 Å². The number of hydrogen-bond donors (Lipinski definition) is 2. The third-order valence-corrected chi connectivity index (χ3v) is 4.99. The summed E-state index contributed by atoms with van der Waals surface area (Å²) in [5, 5.41) is 13.4. The van der Waals surface area contributed by atoms with Gasteiger partial charge in [0.05, 0.1) is 7.11 Å². The molecule has 0 aliphatic carbocycles. The predicted octanol–water partition coefficient (Wildman–Crippen LogP) is 1.02. The number of benzene rings is 1. The van der Waals surface area contributed by atoms with Crippen LogP contribution in [-0.2, 0) is 19.1 Å². The van der Waals surface area contributed by atoms with Gasteiger partial charge < -0.3 is 19.6 Å². The molecule has 0 heterocycles. The van der Waals surface area contributed by atoms with Crippen molar-refractivity contribution in [1.29, 1.82) is 0 Å². The number of methoxy groups -OCH3 is 1. The number of aliphatic carboxylic acids is 1. The number of carboxylic acids is 1. The molecule has 0 spiro atoms. The number of nitrogens with one attached hydrogen (secondary N) is 1. The zero-order valence-electron chi connectivity index (χ0n) is 18.4. The normalized spacial score (nSPS) is 13.2. The molecular formula is C21H34N3O5P. The Kier molecular flexibility index (Phi) is 10.9. The average Bonchev–Trinajstić information content (AvgIpc) is 2.65. The molecule has 1 amide bonds. The number of amides is 1. The Balaban J connectivity index is 2.78. The highest BCUT2D eigenvalue weighted by Gasteiger charge is 2.28. The third-order valence-electron chi connectivity index (χ3n) is 4.65. The van der Waals surface area contributed by atoms with Crippen LogP contribution >= 0.6 is 9.24 Å². The van der Waals surface area contributed by atoms with Gasteiger partial charge in [-0.25, -0.2) is 0 Å². The SMILES string of the molecule is COC(=O)C(CN(C)CCN(C=O)c1cc(C)cc(P)c1)NC(CC(C)C)C(=O)O. The van der Waals surface area contributed by atoms with Gasteiger partial charge in [0.2, 0.25) is 6.41 Å². The van der Waals surface area contributed by atoms with E-state index < -0.39 is 24.0 Å². The fourth-order valence-corrected chi connectivity index (χ4v) is 3.61. The van der Waals surface area contributed by atoms with E-state index in [-0.39, 0.29) is 12.5 Å². The van der Waals surface area contributed by atoms with Crippen LogP contribution < -0.4 is 15.5 Å². The van der Waals surface area contributed by atoms with Gasteiger partial charge in [0.15, 0.2) is 0 Å². The second-order valence-electron chi connectivity index (χ2n) is 7.93. The second kappa shape index (κ2) is 12.6. The maximum absolute atomic E-state index is 12.2. The standard InChI is InChI=1S/C21H34N3O5P/c1-14(2)8-18(20(26)27)22-19(21(28)29-5)12-23(4)6-7-24(13-25)16-9-15(3)10-17(30)11-16/h9-11,13-14,18-19,22H,6-8,12,30H2,1-5H3,(H,26,27). The molecule has 9 heteroatoms. The Morgan fingerprint density at radius 3 is 2.40 bits per heavy atom. The number of nitrogens with zero attached hydrogens (tertiary/aromatic N) is 2. The summed E-state index contributed by atoms with van der Waals surface area (Å²) in [6.45, 7) is 7.00. The van der Waals surface area contributed by atoms with E-state index in [4.69, 9.17) is 4.74 Å². The average molecular weight is 439 g/mol. The van der Waals surface area contributed by atoms with Crippen molar-refractivity contribution in [3.63, 3.8) is 0 Å². The quantitative estimate of drug-likeness (QED) is 0.269.